The molecule has 0 aliphatic heterocycles. The third-order valence-corrected chi connectivity index (χ3v) is 7.27. The van der Waals surface area contributed by atoms with Gasteiger partial charge in [-0.05, 0) is 41.7 Å². The summed E-state index contributed by atoms with van der Waals surface area (Å²) >= 11 is 0. The molecular formula is C27H30FN3O3S. The number of hydrogen-bond acceptors (Lipinski definition) is 4. The van der Waals surface area contributed by atoms with Crippen molar-refractivity contribution >= 4 is 22.1 Å². The van der Waals surface area contributed by atoms with Crippen molar-refractivity contribution in [3.63, 3.8) is 0 Å². The largest absolute Gasteiger partial charge is 0.272 e. The molecule has 1 amide bonds. The van der Waals surface area contributed by atoms with E-state index >= 15 is 0 Å². The summed E-state index contributed by atoms with van der Waals surface area (Å²) in [6, 6.07) is 19.9. The van der Waals surface area contributed by atoms with E-state index in [2.05, 4.69) is 31.3 Å². The van der Waals surface area contributed by atoms with Gasteiger partial charge in [0.2, 0.25) is 10.0 Å². The molecule has 6 nitrogen and oxygen atoms in total. The van der Waals surface area contributed by atoms with Crippen molar-refractivity contribution in [2.75, 3.05) is 6.54 Å². The van der Waals surface area contributed by atoms with Crippen LogP contribution >= 0.6 is 0 Å². The summed E-state index contributed by atoms with van der Waals surface area (Å²) < 4.78 is 41.8. The maximum Gasteiger partial charge on any atom is 0.255 e. The molecule has 0 unspecified atom stereocenters. The zero-order chi connectivity index (χ0) is 25.6. The minimum Gasteiger partial charge on any atom is -0.272 e. The molecule has 0 aliphatic rings. The zero-order valence-corrected chi connectivity index (χ0v) is 21.1. The fraction of sp³-hybridized carbons (Fsp3) is 0.259. The Morgan fingerprint density at radius 3 is 2.23 bits per heavy atom. The Labute approximate surface area is 206 Å². The number of benzene rings is 3. The van der Waals surface area contributed by atoms with E-state index in [-0.39, 0.29) is 22.4 Å². The highest BCUT2D eigenvalue weighted by atomic mass is 32.2. The van der Waals surface area contributed by atoms with Gasteiger partial charge in [-0.3, -0.25) is 4.79 Å². The van der Waals surface area contributed by atoms with Crippen LogP contribution in [-0.4, -0.2) is 31.4 Å². The van der Waals surface area contributed by atoms with E-state index in [1.165, 1.54) is 42.1 Å². The Morgan fingerprint density at radius 2 is 1.63 bits per heavy atom. The lowest BCUT2D eigenvalue weighted by molar-refractivity contribution is -0.121. The molecule has 35 heavy (non-hydrogen) atoms. The smallest absolute Gasteiger partial charge is 0.255 e. The Bertz CT molecular complexity index is 1300. The predicted octanol–water partition coefficient (Wildman–Crippen LogP) is 4.77. The van der Waals surface area contributed by atoms with E-state index in [9.17, 15) is 17.6 Å². The maximum atomic E-state index is 14.3. The first-order chi connectivity index (χ1) is 16.5. The predicted molar refractivity (Wildman–Crippen MR) is 136 cm³/mol. The summed E-state index contributed by atoms with van der Waals surface area (Å²) in [4.78, 5) is 12.6. The normalized spacial score (nSPS) is 12.3. The molecule has 0 bridgehead atoms. The number of nitrogens with zero attached hydrogens (tertiary/aromatic N) is 2. The van der Waals surface area contributed by atoms with Gasteiger partial charge in [0, 0.05) is 12.1 Å². The number of halogens is 1. The number of hydrazone groups is 1. The molecule has 0 saturated carbocycles. The number of carbonyl (C=O) groups is 1. The second kappa shape index (κ2) is 10.9. The maximum absolute atomic E-state index is 14.3. The van der Waals surface area contributed by atoms with E-state index in [0.717, 1.165) is 15.4 Å². The molecule has 0 spiro atoms. The van der Waals surface area contributed by atoms with Gasteiger partial charge in [-0.25, -0.2) is 18.2 Å². The molecule has 0 fully saturated rings. The van der Waals surface area contributed by atoms with Gasteiger partial charge in [-0.15, -0.1) is 0 Å². The van der Waals surface area contributed by atoms with Crippen LogP contribution in [0.25, 0.3) is 0 Å². The van der Waals surface area contributed by atoms with Crippen LogP contribution in [-0.2, 0) is 26.8 Å². The van der Waals surface area contributed by atoms with Gasteiger partial charge in [0.25, 0.3) is 5.91 Å². The van der Waals surface area contributed by atoms with Gasteiger partial charge in [-0.1, -0.05) is 80.9 Å². The quantitative estimate of drug-likeness (QED) is 0.361. The van der Waals surface area contributed by atoms with Crippen molar-refractivity contribution in [2.45, 2.75) is 44.6 Å². The summed E-state index contributed by atoms with van der Waals surface area (Å²) in [6.45, 7) is 7.38. The fourth-order valence-corrected chi connectivity index (χ4v) is 4.72. The summed E-state index contributed by atoms with van der Waals surface area (Å²) in [5.41, 5.74) is 5.41. The molecule has 0 aliphatic carbocycles. The van der Waals surface area contributed by atoms with E-state index in [4.69, 9.17) is 0 Å². The van der Waals surface area contributed by atoms with Gasteiger partial charge in [0.15, 0.2) is 0 Å². The average molecular weight is 496 g/mol. The molecule has 3 rings (SSSR count). The van der Waals surface area contributed by atoms with Crippen molar-refractivity contribution < 1.29 is 17.6 Å². The lowest BCUT2D eigenvalue weighted by atomic mass is 9.87. The molecule has 0 saturated heterocycles. The highest BCUT2D eigenvalue weighted by molar-refractivity contribution is 7.89. The number of sulfonamides is 1. The number of nitrogens with one attached hydrogen (secondary N) is 1. The molecule has 3 aromatic carbocycles. The third-order valence-electron chi connectivity index (χ3n) is 5.46. The van der Waals surface area contributed by atoms with Crippen LogP contribution in [0.4, 0.5) is 4.39 Å². The average Bonchev–Trinajstić information content (AvgIpc) is 2.80. The van der Waals surface area contributed by atoms with Crippen LogP contribution in [0.15, 0.2) is 82.8 Å². The molecular weight excluding hydrogens is 465 g/mol. The number of rotatable bonds is 8. The standard InChI is InChI=1S/C27H30FN3O3S/c1-20-9-15-24(16-10-20)35(33,34)31(18-22-7-5-6-8-25(22)28)19-26(32)30-29-17-21-11-13-23(14-12-21)27(2,3)4/h5-17H,18-19H2,1-4H3,(H,30,32)/b29-17-. The Morgan fingerprint density at radius 1 is 1.00 bits per heavy atom. The first-order valence-electron chi connectivity index (χ1n) is 11.2. The molecule has 0 atom stereocenters. The van der Waals surface area contributed by atoms with Crippen LogP contribution in [0, 0.1) is 12.7 Å². The fourth-order valence-electron chi connectivity index (χ4n) is 3.35. The van der Waals surface area contributed by atoms with E-state index in [1.807, 2.05) is 31.2 Å². The molecule has 8 heteroatoms. The number of aryl methyl sites for hydroxylation is 1. The summed E-state index contributed by atoms with van der Waals surface area (Å²) in [6.07, 6.45) is 1.49. The minimum atomic E-state index is -4.07. The molecule has 0 radical (unpaired) electrons. The lowest BCUT2D eigenvalue weighted by Crippen LogP contribution is -2.39. The number of hydrogen-bond donors (Lipinski definition) is 1. The van der Waals surface area contributed by atoms with Gasteiger partial charge in [0.1, 0.15) is 5.82 Å². The van der Waals surface area contributed by atoms with Gasteiger partial charge in [0.05, 0.1) is 17.7 Å². The zero-order valence-electron chi connectivity index (χ0n) is 20.3. The van der Waals surface area contributed by atoms with Crippen molar-refractivity contribution in [3.05, 3.63) is 101 Å². The SMILES string of the molecule is Cc1ccc(S(=O)(=O)N(CC(=O)N/N=C\c2ccc(C(C)(C)C)cc2)Cc2ccccc2F)cc1. The van der Waals surface area contributed by atoms with Crippen LogP contribution in [0.3, 0.4) is 0 Å². The third kappa shape index (κ3) is 7.07. The summed E-state index contributed by atoms with van der Waals surface area (Å²) in [7, 11) is -4.07. The van der Waals surface area contributed by atoms with E-state index in [0.29, 0.717) is 0 Å². The lowest BCUT2D eigenvalue weighted by Gasteiger charge is -2.22. The minimum absolute atomic E-state index is 0.0223. The molecule has 1 N–H and O–H groups in total. The van der Waals surface area contributed by atoms with Crippen molar-refractivity contribution in [1.82, 2.24) is 9.73 Å². The van der Waals surface area contributed by atoms with Crippen LogP contribution < -0.4 is 5.43 Å². The van der Waals surface area contributed by atoms with Crippen molar-refractivity contribution in [3.8, 4) is 0 Å². The van der Waals surface area contributed by atoms with E-state index in [1.54, 1.807) is 18.2 Å². The van der Waals surface area contributed by atoms with Gasteiger partial charge >= 0.3 is 0 Å². The van der Waals surface area contributed by atoms with Crippen molar-refractivity contribution in [2.24, 2.45) is 5.10 Å². The summed E-state index contributed by atoms with van der Waals surface area (Å²) in [5.74, 6) is -1.19. The molecule has 184 valence electrons. The second-order valence-corrected chi connectivity index (χ2v) is 11.3. The summed E-state index contributed by atoms with van der Waals surface area (Å²) in [5, 5.41) is 3.96. The van der Waals surface area contributed by atoms with Crippen LogP contribution in [0.1, 0.15) is 43.0 Å². The van der Waals surface area contributed by atoms with Crippen LogP contribution in [0.5, 0.6) is 0 Å². The highest BCUT2D eigenvalue weighted by Crippen LogP contribution is 2.22. The first kappa shape index (κ1) is 26.2. The topological polar surface area (TPSA) is 78.8 Å². The van der Waals surface area contributed by atoms with Crippen molar-refractivity contribution in [1.29, 1.82) is 0 Å². The highest BCUT2D eigenvalue weighted by Gasteiger charge is 2.27. The Kier molecular flexibility index (Phi) is 8.19. The number of carbonyl (C=O) groups excluding carboxylic acids is 1. The Hall–Kier alpha value is -3.36. The molecule has 3 aromatic rings. The molecule has 0 aromatic heterocycles. The molecule has 0 heterocycles. The first-order valence-corrected chi connectivity index (χ1v) is 12.6. The monoisotopic (exact) mass is 495 g/mol. The van der Waals surface area contributed by atoms with Crippen LogP contribution in [0.2, 0.25) is 0 Å². The van der Waals surface area contributed by atoms with E-state index < -0.39 is 28.3 Å². The van der Waals surface area contributed by atoms with Gasteiger partial charge in [-0.2, -0.15) is 9.41 Å². The van der Waals surface area contributed by atoms with Gasteiger partial charge < -0.3 is 0 Å². The second-order valence-electron chi connectivity index (χ2n) is 9.34. The number of amides is 1. The Balaban J connectivity index is 1.76.